The van der Waals surface area contributed by atoms with Crippen LogP contribution < -0.4 is 11.1 Å². The summed E-state index contributed by atoms with van der Waals surface area (Å²) in [6, 6.07) is 6.20. The molecule has 1 amide bonds. The van der Waals surface area contributed by atoms with Crippen LogP contribution in [0.5, 0.6) is 0 Å². The number of amides is 1. The molecule has 1 aliphatic heterocycles. The van der Waals surface area contributed by atoms with Crippen molar-refractivity contribution < 1.29 is 13.9 Å². The van der Waals surface area contributed by atoms with Gasteiger partial charge in [0.15, 0.2) is 0 Å². The van der Waals surface area contributed by atoms with Crippen LogP contribution in [-0.4, -0.2) is 24.7 Å². The highest BCUT2D eigenvalue weighted by Crippen LogP contribution is 2.25. The summed E-state index contributed by atoms with van der Waals surface area (Å²) < 4.78 is 18.8. The fourth-order valence-electron chi connectivity index (χ4n) is 1.97. The minimum atomic E-state index is -1.000. The molecule has 1 saturated heterocycles. The van der Waals surface area contributed by atoms with Crippen molar-refractivity contribution in [1.82, 2.24) is 0 Å². The van der Waals surface area contributed by atoms with Gasteiger partial charge in [0.1, 0.15) is 11.4 Å². The number of hydrogen-bond acceptors (Lipinski definition) is 3. The zero-order chi connectivity index (χ0) is 12.3. The van der Waals surface area contributed by atoms with Crippen molar-refractivity contribution >= 4 is 11.6 Å². The molecule has 1 unspecified atom stereocenters. The summed E-state index contributed by atoms with van der Waals surface area (Å²) in [6.07, 6.45) is 1.28. The van der Waals surface area contributed by atoms with Crippen LogP contribution in [0.15, 0.2) is 24.3 Å². The van der Waals surface area contributed by atoms with E-state index in [2.05, 4.69) is 5.32 Å². The summed E-state index contributed by atoms with van der Waals surface area (Å²) in [4.78, 5) is 11.5. The predicted octanol–water partition coefficient (Wildman–Crippen LogP) is 1.27. The number of nitrogens with two attached hydrogens (primary N) is 1. The first-order valence-electron chi connectivity index (χ1n) is 5.54. The van der Waals surface area contributed by atoms with E-state index in [1.54, 1.807) is 18.2 Å². The van der Waals surface area contributed by atoms with Gasteiger partial charge in [0.25, 0.3) is 0 Å². The minimum absolute atomic E-state index is 0.177. The molecule has 1 heterocycles. The molecule has 0 bridgehead atoms. The maximum atomic E-state index is 13.5. The Morgan fingerprint density at radius 2 is 2.24 bits per heavy atom. The third-order valence-corrected chi connectivity index (χ3v) is 2.96. The number of nitrogens with one attached hydrogen (secondary N) is 1. The number of para-hydroxylation sites is 1. The van der Waals surface area contributed by atoms with Crippen LogP contribution in [0.4, 0.5) is 10.1 Å². The Balaban J connectivity index is 2.24. The zero-order valence-electron chi connectivity index (χ0n) is 9.41. The molecule has 92 valence electrons. The van der Waals surface area contributed by atoms with E-state index in [1.165, 1.54) is 6.07 Å². The van der Waals surface area contributed by atoms with E-state index in [0.717, 1.165) is 6.42 Å². The molecule has 0 radical (unpaired) electrons. The molecule has 2 rings (SSSR count). The lowest BCUT2D eigenvalue weighted by Gasteiger charge is -2.35. The average Bonchev–Trinajstić information content (AvgIpc) is 2.33. The number of ether oxygens (including phenoxy) is 1. The van der Waals surface area contributed by atoms with Crippen LogP contribution in [0.2, 0.25) is 0 Å². The Morgan fingerprint density at radius 1 is 1.47 bits per heavy atom. The summed E-state index contributed by atoms with van der Waals surface area (Å²) in [5.74, 6) is -0.917. The summed E-state index contributed by atoms with van der Waals surface area (Å²) in [7, 11) is 0. The van der Waals surface area contributed by atoms with Gasteiger partial charge >= 0.3 is 0 Å². The van der Waals surface area contributed by atoms with Crippen molar-refractivity contribution in [2.24, 2.45) is 5.73 Å². The smallest absolute Gasteiger partial charge is 0.245 e. The Hall–Kier alpha value is -1.62. The van der Waals surface area contributed by atoms with Gasteiger partial charge in [-0.25, -0.2) is 4.39 Å². The number of carbonyl (C=O) groups excluding carboxylic acids is 1. The molecule has 1 aromatic carbocycles. The van der Waals surface area contributed by atoms with Gasteiger partial charge in [0, 0.05) is 6.61 Å². The van der Waals surface area contributed by atoms with E-state index in [-0.39, 0.29) is 12.3 Å². The standard InChI is InChI=1S/C12H15FN2O2/c13-9-4-1-2-5-10(9)15-12(11(14)16)6-3-7-17-8-12/h1-2,4-5,15H,3,6-8H2,(H2,14,16). The molecule has 3 N–H and O–H groups in total. The first-order valence-corrected chi connectivity index (χ1v) is 5.54. The van der Waals surface area contributed by atoms with E-state index >= 15 is 0 Å². The highest BCUT2D eigenvalue weighted by Gasteiger charge is 2.39. The van der Waals surface area contributed by atoms with E-state index in [0.29, 0.717) is 13.0 Å². The molecular formula is C12H15FN2O2. The van der Waals surface area contributed by atoms with Crippen molar-refractivity contribution in [2.75, 3.05) is 18.5 Å². The maximum Gasteiger partial charge on any atom is 0.245 e. The number of halogens is 1. The molecule has 1 fully saturated rings. The van der Waals surface area contributed by atoms with Crippen LogP contribution in [0, 0.1) is 5.82 Å². The Morgan fingerprint density at radius 3 is 2.82 bits per heavy atom. The van der Waals surface area contributed by atoms with E-state index in [9.17, 15) is 9.18 Å². The van der Waals surface area contributed by atoms with Gasteiger partial charge < -0.3 is 15.8 Å². The minimum Gasteiger partial charge on any atom is -0.378 e. The molecule has 1 aromatic rings. The number of carbonyl (C=O) groups is 1. The Bertz CT molecular complexity index is 417. The van der Waals surface area contributed by atoms with Crippen LogP contribution in [0.25, 0.3) is 0 Å². The number of anilines is 1. The summed E-state index contributed by atoms with van der Waals surface area (Å²) in [5, 5.41) is 2.89. The average molecular weight is 238 g/mol. The number of rotatable bonds is 3. The second kappa shape index (κ2) is 4.71. The molecule has 0 aromatic heterocycles. The normalized spacial score (nSPS) is 24.3. The lowest BCUT2D eigenvalue weighted by Crippen LogP contribution is -2.56. The molecule has 0 spiro atoms. The predicted molar refractivity (Wildman–Crippen MR) is 62.0 cm³/mol. The maximum absolute atomic E-state index is 13.5. The third kappa shape index (κ3) is 2.39. The van der Waals surface area contributed by atoms with Gasteiger partial charge in [-0.2, -0.15) is 0 Å². The zero-order valence-corrected chi connectivity index (χ0v) is 9.41. The van der Waals surface area contributed by atoms with E-state index in [1.807, 2.05) is 0 Å². The highest BCUT2D eigenvalue weighted by molar-refractivity contribution is 5.88. The lowest BCUT2D eigenvalue weighted by atomic mass is 9.91. The highest BCUT2D eigenvalue weighted by atomic mass is 19.1. The van der Waals surface area contributed by atoms with Gasteiger partial charge in [0.05, 0.1) is 12.3 Å². The molecule has 17 heavy (non-hydrogen) atoms. The van der Waals surface area contributed by atoms with Crippen molar-refractivity contribution in [1.29, 1.82) is 0 Å². The first kappa shape index (κ1) is 11.9. The quantitative estimate of drug-likeness (QED) is 0.833. The summed E-state index contributed by atoms with van der Waals surface area (Å²) in [6.45, 7) is 0.782. The van der Waals surface area contributed by atoms with Gasteiger partial charge in [-0.3, -0.25) is 4.79 Å². The van der Waals surface area contributed by atoms with Crippen molar-refractivity contribution in [3.8, 4) is 0 Å². The lowest BCUT2D eigenvalue weighted by molar-refractivity contribution is -0.126. The molecule has 4 nitrogen and oxygen atoms in total. The molecule has 1 atom stereocenters. The fourth-order valence-corrected chi connectivity index (χ4v) is 1.97. The van der Waals surface area contributed by atoms with Crippen LogP contribution in [0.1, 0.15) is 12.8 Å². The largest absolute Gasteiger partial charge is 0.378 e. The van der Waals surface area contributed by atoms with Crippen LogP contribution in [-0.2, 0) is 9.53 Å². The monoisotopic (exact) mass is 238 g/mol. The van der Waals surface area contributed by atoms with Crippen LogP contribution in [0.3, 0.4) is 0 Å². The first-order chi connectivity index (χ1) is 8.14. The van der Waals surface area contributed by atoms with Gasteiger partial charge in [-0.1, -0.05) is 12.1 Å². The topological polar surface area (TPSA) is 64.4 Å². The van der Waals surface area contributed by atoms with Crippen molar-refractivity contribution in [3.63, 3.8) is 0 Å². The second-order valence-corrected chi connectivity index (χ2v) is 4.21. The SMILES string of the molecule is NC(=O)C1(Nc2ccccc2F)CCCOC1. The van der Waals surface area contributed by atoms with Gasteiger partial charge in [-0.05, 0) is 25.0 Å². The molecule has 5 heteroatoms. The summed E-state index contributed by atoms with van der Waals surface area (Å²) in [5.41, 5.74) is 4.67. The third-order valence-electron chi connectivity index (χ3n) is 2.96. The number of primary amides is 1. The molecule has 0 aliphatic carbocycles. The molecule has 0 saturated carbocycles. The number of hydrogen-bond donors (Lipinski definition) is 2. The Labute approximate surface area is 98.9 Å². The van der Waals surface area contributed by atoms with Crippen molar-refractivity contribution in [2.45, 2.75) is 18.4 Å². The van der Waals surface area contributed by atoms with Crippen LogP contribution >= 0.6 is 0 Å². The van der Waals surface area contributed by atoms with E-state index in [4.69, 9.17) is 10.5 Å². The van der Waals surface area contributed by atoms with Gasteiger partial charge in [-0.15, -0.1) is 0 Å². The fraction of sp³-hybridized carbons (Fsp3) is 0.417. The molecular weight excluding hydrogens is 223 g/mol. The van der Waals surface area contributed by atoms with Gasteiger partial charge in [0.2, 0.25) is 5.91 Å². The van der Waals surface area contributed by atoms with E-state index < -0.39 is 17.3 Å². The Kier molecular flexibility index (Phi) is 3.28. The molecule has 1 aliphatic rings. The number of benzene rings is 1. The summed E-state index contributed by atoms with van der Waals surface area (Å²) >= 11 is 0. The second-order valence-electron chi connectivity index (χ2n) is 4.21. The van der Waals surface area contributed by atoms with Crippen molar-refractivity contribution in [3.05, 3.63) is 30.1 Å².